The molecule has 0 radical (unpaired) electrons. The van der Waals surface area contributed by atoms with Crippen LogP contribution in [0.2, 0.25) is 0 Å². The van der Waals surface area contributed by atoms with E-state index in [4.69, 9.17) is 4.74 Å². The van der Waals surface area contributed by atoms with Crippen molar-refractivity contribution in [1.82, 2.24) is 24.5 Å². The molecule has 3 aromatic rings. The highest BCUT2D eigenvalue weighted by Gasteiger charge is 2.25. The smallest absolute Gasteiger partial charge is 0.276 e. The van der Waals surface area contributed by atoms with Crippen LogP contribution in [-0.4, -0.2) is 49.4 Å². The number of rotatable bonds is 6. The van der Waals surface area contributed by atoms with Gasteiger partial charge >= 0.3 is 0 Å². The van der Waals surface area contributed by atoms with E-state index in [2.05, 4.69) is 36.3 Å². The fourth-order valence-corrected chi connectivity index (χ4v) is 3.96. The van der Waals surface area contributed by atoms with Gasteiger partial charge in [-0.25, -0.2) is 4.68 Å². The van der Waals surface area contributed by atoms with E-state index in [0.29, 0.717) is 11.4 Å². The van der Waals surface area contributed by atoms with Crippen LogP contribution in [0.5, 0.6) is 5.75 Å². The number of aromatic nitrogens is 4. The van der Waals surface area contributed by atoms with E-state index in [9.17, 15) is 9.59 Å². The quantitative estimate of drug-likeness (QED) is 0.598. The van der Waals surface area contributed by atoms with Crippen LogP contribution in [0, 0.1) is 0 Å². The molecule has 0 spiro atoms. The second kappa shape index (κ2) is 9.70. The van der Waals surface area contributed by atoms with Gasteiger partial charge in [0.25, 0.3) is 11.8 Å². The topological polar surface area (TPSA) is 94.3 Å². The number of hydrogen-bond donors (Lipinski definition) is 1. The van der Waals surface area contributed by atoms with E-state index >= 15 is 0 Å². The van der Waals surface area contributed by atoms with Crippen LogP contribution in [0.25, 0.3) is 0 Å². The van der Waals surface area contributed by atoms with Crippen LogP contribution >= 0.6 is 0 Å². The van der Waals surface area contributed by atoms with Crippen LogP contribution in [-0.2, 0) is 19.2 Å². The normalized spacial score (nSPS) is 14.2. The average Bonchev–Trinajstić information content (AvgIpc) is 3.44. The summed E-state index contributed by atoms with van der Waals surface area (Å²) in [4.78, 5) is 27.6. The molecule has 4 rings (SSSR count). The Morgan fingerprint density at radius 3 is 2.44 bits per heavy atom. The zero-order valence-electron chi connectivity index (χ0n) is 20.2. The molecule has 1 fully saturated rings. The van der Waals surface area contributed by atoms with Gasteiger partial charge in [0.2, 0.25) is 0 Å². The minimum Gasteiger partial charge on any atom is -0.471 e. The summed E-state index contributed by atoms with van der Waals surface area (Å²) in [5.74, 6) is 0.200. The highest BCUT2D eigenvalue weighted by Crippen LogP contribution is 2.24. The molecule has 1 aliphatic rings. The predicted molar refractivity (Wildman–Crippen MR) is 129 cm³/mol. The Hall–Kier alpha value is -3.62. The lowest BCUT2D eigenvalue weighted by Crippen LogP contribution is -2.37. The van der Waals surface area contributed by atoms with Crippen molar-refractivity contribution in [3.05, 3.63) is 59.7 Å². The van der Waals surface area contributed by atoms with Crippen LogP contribution in [0.4, 0.5) is 5.69 Å². The fraction of sp³-hybridized carbons (Fsp3) is 0.440. The minimum absolute atomic E-state index is 0.0787. The van der Waals surface area contributed by atoms with Gasteiger partial charge in [0.1, 0.15) is 11.4 Å². The van der Waals surface area contributed by atoms with Crippen molar-refractivity contribution in [3.8, 4) is 5.75 Å². The Balaban J connectivity index is 1.38. The van der Waals surface area contributed by atoms with Gasteiger partial charge in [-0.15, -0.1) is 0 Å². The number of nitrogens with zero attached hydrogens (tertiary/aromatic N) is 5. The average molecular weight is 465 g/mol. The molecule has 0 atom stereocenters. The maximum atomic E-state index is 13.0. The number of nitrogens with one attached hydrogen (secondary N) is 1. The molecule has 1 aromatic carbocycles. The van der Waals surface area contributed by atoms with Crippen molar-refractivity contribution in [3.63, 3.8) is 0 Å². The van der Waals surface area contributed by atoms with E-state index in [1.165, 1.54) is 16.4 Å². The van der Waals surface area contributed by atoms with Gasteiger partial charge in [0.05, 0.1) is 11.9 Å². The van der Waals surface area contributed by atoms with Gasteiger partial charge in [-0.2, -0.15) is 10.2 Å². The second-order valence-corrected chi connectivity index (χ2v) is 9.63. The molecule has 1 N–H and O–H groups in total. The molecule has 9 nitrogen and oxygen atoms in total. The van der Waals surface area contributed by atoms with Crippen molar-refractivity contribution < 1.29 is 14.3 Å². The maximum Gasteiger partial charge on any atom is 0.276 e. The largest absolute Gasteiger partial charge is 0.471 e. The number of aryl methyl sites for hydroxylation is 1. The van der Waals surface area contributed by atoms with Crippen LogP contribution in [0.3, 0.4) is 0 Å². The first kappa shape index (κ1) is 23.5. The number of amides is 2. The summed E-state index contributed by atoms with van der Waals surface area (Å²) in [5, 5.41) is 11.3. The van der Waals surface area contributed by atoms with Gasteiger partial charge in [-0.3, -0.25) is 14.3 Å². The van der Waals surface area contributed by atoms with Crippen LogP contribution in [0.1, 0.15) is 66.6 Å². The molecule has 3 heterocycles. The first-order chi connectivity index (χ1) is 16.2. The molecule has 180 valence electrons. The van der Waals surface area contributed by atoms with Gasteiger partial charge in [-0.05, 0) is 48.4 Å². The summed E-state index contributed by atoms with van der Waals surface area (Å²) in [6.45, 7) is 8.11. The number of benzene rings is 1. The number of anilines is 1. The van der Waals surface area contributed by atoms with Crippen molar-refractivity contribution >= 4 is 17.5 Å². The molecule has 2 amide bonds. The van der Waals surface area contributed by atoms with Crippen LogP contribution in [0.15, 0.2) is 42.7 Å². The van der Waals surface area contributed by atoms with E-state index in [0.717, 1.165) is 38.1 Å². The number of piperidine rings is 1. The number of carbonyl (C=O) groups excluding carboxylic acids is 2. The SMILES string of the molecule is Cn1ncc(NC(=O)c2ccn(COc3ccc(C(C)(C)C)cc3)n2)c1C(=O)N1CCCCC1. The summed E-state index contributed by atoms with van der Waals surface area (Å²) in [5.41, 5.74) is 2.29. The standard InChI is InChI=1S/C25H32N6O3/c1-25(2,3)18-8-10-19(11-9-18)34-17-31-15-12-20(28-31)23(32)27-21-16-26-29(4)22(21)24(33)30-13-6-5-7-14-30/h8-12,15-16H,5-7,13-14,17H2,1-4H3,(H,27,32). The highest BCUT2D eigenvalue weighted by atomic mass is 16.5. The second-order valence-electron chi connectivity index (χ2n) is 9.63. The Labute approximate surface area is 199 Å². The van der Waals surface area contributed by atoms with E-state index < -0.39 is 5.91 Å². The van der Waals surface area contributed by atoms with E-state index in [1.54, 1.807) is 24.0 Å². The molecular formula is C25H32N6O3. The van der Waals surface area contributed by atoms with E-state index in [1.807, 2.05) is 29.2 Å². The zero-order valence-corrected chi connectivity index (χ0v) is 20.2. The first-order valence-electron chi connectivity index (χ1n) is 11.6. The summed E-state index contributed by atoms with van der Waals surface area (Å²) in [6.07, 6.45) is 6.29. The molecule has 0 bridgehead atoms. The van der Waals surface area contributed by atoms with Gasteiger partial charge in [0, 0.05) is 26.3 Å². The summed E-state index contributed by atoms with van der Waals surface area (Å²) < 4.78 is 8.85. The van der Waals surface area contributed by atoms with Crippen molar-refractivity contribution in [2.24, 2.45) is 7.05 Å². The third kappa shape index (κ3) is 5.30. The number of ether oxygens (including phenoxy) is 1. The van der Waals surface area contributed by atoms with E-state index in [-0.39, 0.29) is 23.7 Å². The summed E-state index contributed by atoms with van der Waals surface area (Å²) in [7, 11) is 1.70. The summed E-state index contributed by atoms with van der Waals surface area (Å²) >= 11 is 0. The monoisotopic (exact) mass is 464 g/mol. The summed E-state index contributed by atoms with van der Waals surface area (Å²) in [6, 6.07) is 9.58. The lowest BCUT2D eigenvalue weighted by molar-refractivity contribution is 0.0714. The lowest BCUT2D eigenvalue weighted by atomic mass is 9.87. The van der Waals surface area contributed by atoms with Gasteiger partial charge < -0.3 is 15.0 Å². The molecule has 0 aliphatic carbocycles. The first-order valence-corrected chi connectivity index (χ1v) is 11.6. The Morgan fingerprint density at radius 2 is 1.76 bits per heavy atom. The zero-order chi connectivity index (χ0) is 24.3. The molecule has 34 heavy (non-hydrogen) atoms. The van der Waals surface area contributed by atoms with Crippen molar-refractivity contribution in [2.45, 2.75) is 52.2 Å². The van der Waals surface area contributed by atoms with Crippen molar-refractivity contribution in [2.75, 3.05) is 18.4 Å². The molecule has 1 aliphatic heterocycles. The highest BCUT2D eigenvalue weighted by molar-refractivity contribution is 6.07. The third-order valence-corrected chi connectivity index (χ3v) is 5.99. The molecule has 9 heteroatoms. The van der Waals surface area contributed by atoms with Crippen LogP contribution < -0.4 is 10.1 Å². The molecule has 0 saturated carbocycles. The number of carbonyl (C=O) groups is 2. The molecular weight excluding hydrogens is 432 g/mol. The van der Waals surface area contributed by atoms with Gasteiger partial charge in [0.15, 0.2) is 12.4 Å². The predicted octanol–water partition coefficient (Wildman–Crippen LogP) is 3.83. The maximum absolute atomic E-state index is 13.0. The number of hydrogen-bond acceptors (Lipinski definition) is 5. The molecule has 0 unspecified atom stereocenters. The Morgan fingerprint density at radius 1 is 1.06 bits per heavy atom. The lowest BCUT2D eigenvalue weighted by Gasteiger charge is -2.27. The third-order valence-electron chi connectivity index (χ3n) is 5.99. The number of likely N-dealkylation sites (tertiary alicyclic amines) is 1. The fourth-order valence-electron chi connectivity index (χ4n) is 3.96. The Bertz CT molecular complexity index is 1150. The Kier molecular flexibility index (Phi) is 6.72. The minimum atomic E-state index is -0.408. The van der Waals surface area contributed by atoms with Gasteiger partial charge in [-0.1, -0.05) is 32.9 Å². The molecule has 2 aromatic heterocycles. The van der Waals surface area contributed by atoms with Crippen molar-refractivity contribution in [1.29, 1.82) is 0 Å². The molecule has 1 saturated heterocycles.